The van der Waals surface area contributed by atoms with Gasteiger partial charge < -0.3 is 4.98 Å². The lowest BCUT2D eigenvalue weighted by Crippen LogP contribution is -2.27. The molecular weight excluding hydrogens is 360 g/mol. The Bertz CT molecular complexity index is 1110. The third-order valence-corrected chi connectivity index (χ3v) is 7.04. The summed E-state index contributed by atoms with van der Waals surface area (Å²) in [4.78, 5) is 19.0. The van der Waals surface area contributed by atoms with Crippen molar-refractivity contribution in [3.63, 3.8) is 0 Å². The summed E-state index contributed by atoms with van der Waals surface area (Å²) in [5.41, 5.74) is 3.50. The summed E-state index contributed by atoms with van der Waals surface area (Å²) in [6.45, 7) is 8.97. The third kappa shape index (κ3) is 2.87. The van der Waals surface area contributed by atoms with Crippen LogP contribution in [0.1, 0.15) is 43.2 Å². The Kier molecular flexibility index (Phi) is 4.20. The molecule has 0 aliphatic heterocycles. The standard InChI is InChI=1S/C21H24N2OS2/c1-12-6-5-7-14(10-12)23-19(24)17-15-9-8-13(21(2,3)4)11-16(15)26-18(17)22-20(23)25/h5-7,10,13H,8-9,11H2,1-4H3,(H,22,25)/t13-/m1/s1. The van der Waals surface area contributed by atoms with Crippen molar-refractivity contribution in [3.05, 3.63) is 55.4 Å². The van der Waals surface area contributed by atoms with E-state index in [4.69, 9.17) is 12.2 Å². The second-order valence-electron chi connectivity index (χ2n) is 8.42. The van der Waals surface area contributed by atoms with E-state index in [0.717, 1.165) is 40.7 Å². The molecule has 0 amide bonds. The number of aromatic amines is 1. The van der Waals surface area contributed by atoms with Crippen LogP contribution in [0.5, 0.6) is 0 Å². The smallest absolute Gasteiger partial charge is 0.267 e. The lowest BCUT2D eigenvalue weighted by Gasteiger charge is -2.33. The Labute approximate surface area is 162 Å². The van der Waals surface area contributed by atoms with Gasteiger partial charge in [-0.25, -0.2) is 0 Å². The number of aryl methyl sites for hydroxylation is 2. The van der Waals surface area contributed by atoms with E-state index >= 15 is 0 Å². The molecule has 136 valence electrons. The minimum absolute atomic E-state index is 0.0149. The predicted octanol–water partition coefficient (Wildman–Crippen LogP) is 5.57. The second kappa shape index (κ2) is 6.17. The van der Waals surface area contributed by atoms with Crippen LogP contribution >= 0.6 is 23.6 Å². The number of hydrogen-bond acceptors (Lipinski definition) is 3. The first kappa shape index (κ1) is 17.7. The Morgan fingerprint density at radius 1 is 1.31 bits per heavy atom. The number of rotatable bonds is 1. The fourth-order valence-corrected chi connectivity index (χ4v) is 5.67. The first-order valence-corrected chi connectivity index (χ1v) is 10.3. The highest BCUT2D eigenvalue weighted by Crippen LogP contribution is 2.42. The molecule has 5 heteroatoms. The molecule has 1 N–H and O–H groups in total. The molecule has 0 fully saturated rings. The summed E-state index contributed by atoms with van der Waals surface area (Å²) in [6, 6.07) is 7.94. The van der Waals surface area contributed by atoms with Crippen LogP contribution in [0.15, 0.2) is 29.1 Å². The molecule has 1 atom stereocenters. The van der Waals surface area contributed by atoms with E-state index in [1.807, 2.05) is 31.2 Å². The van der Waals surface area contributed by atoms with Crippen molar-refractivity contribution in [3.8, 4) is 5.69 Å². The monoisotopic (exact) mass is 384 g/mol. The number of aromatic nitrogens is 2. The minimum atomic E-state index is 0.0149. The number of H-pyrrole nitrogens is 1. The second-order valence-corrected chi connectivity index (χ2v) is 9.92. The highest BCUT2D eigenvalue weighted by Gasteiger charge is 2.31. The third-order valence-electron chi connectivity index (χ3n) is 5.59. The van der Waals surface area contributed by atoms with Gasteiger partial charge in [-0.3, -0.25) is 9.36 Å². The Morgan fingerprint density at radius 3 is 2.77 bits per heavy atom. The van der Waals surface area contributed by atoms with E-state index in [1.54, 1.807) is 15.9 Å². The van der Waals surface area contributed by atoms with Crippen LogP contribution in [0.3, 0.4) is 0 Å². The van der Waals surface area contributed by atoms with Crippen molar-refractivity contribution >= 4 is 33.8 Å². The molecule has 0 radical (unpaired) electrons. The van der Waals surface area contributed by atoms with Crippen molar-refractivity contribution in [2.75, 3.05) is 0 Å². The minimum Gasteiger partial charge on any atom is -0.323 e. The first-order chi connectivity index (χ1) is 12.3. The number of thiophene rings is 1. The number of hydrogen-bond donors (Lipinski definition) is 1. The Morgan fingerprint density at radius 2 is 2.08 bits per heavy atom. The van der Waals surface area contributed by atoms with Gasteiger partial charge >= 0.3 is 0 Å². The Balaban J connectivity index is 1.92. The molecule has 0 bridgehead atoms. The fraction of sp³-hybridized carbons (Fsp3) is 0.429. The molecule has 0 saturated carbocycles. The fourth-order valence-electron chi connectivity index (χ4n) is 4.00. The molecule has 1 aromatic carbocycles. The van der Waals surface area contributed by atoms with Crippen molar-refractivity contribution in [1.82, 2.24) is 9.55 Å². The van der Waals surface area contributed by atoms with E-state index in [2.05, 4.69) is 25.8 Å². The van der Waals surface area contributed by atoms with E-state index in [-0.39, 0.29) is 5.56 Å². The normalized spacial score (nSPS) is 17.5. The maximum atomic E-state index is 13.4. The van der Waals surface area contributed by atoms with Gasteiger partial charge in [0.05, 0.1) is 11.1 Å². The number of nitrogens with zero attached hydrogens (tertiary/aromatic N) is 1. The van der Waals surface area contributed by atoms with E-state index in [1.165, 1.54) is 10.4 Å². The van der Waals surface area contributed by atoms with Gasteiger partial charge in [-0.05, 0) is 73.0 Å². The highest BCUT2D eigenvalue weighted by molar-refractivity contribution is 7.71. The molecule has 2 heterocycles. The number of fused-ring (bicyclic) bond motifs is 3. The van der Waals surface area contributed by atoms with Gasteiger partial charge in [0.25, 0.3) is 5.56 Å². The molecule has 2 aromatic heterocycles. The summed E-state index contributed by atoms with van der Waals surface area (Å²) in [6.07, 6.45) is 3.18. The lowest BCUT2D eigenvalue weighted by molar-refractivity contribution is 0.218. The maximum Gasteiger partial charge on any atom is 0.267 e. The lowest BCUT2D eigenvalue weighted by atomic mass is 9.72. The van der Waals surface area contributed by atoms with E-state index in [0.29, 0.717) is 16.1 Å². The molecule has 4 rings (SSSR count). The zero-order valence-corrected chi connectivity index (χ0v) is 17.3. The van der Waals surface area contributed by atoms with Gasteiger partial charge in [0, 0.05) is 4.88 Å². The largest absolute Gasteiger partial charge is 0.323 e. The molecule has 3 nitrogen and oxygen atoms in total. The van der Waals surface area contributed by atoms with Crippen LogP contribution in [0.2, 0.25) is 0 Å². The van der Waals surface area contributed by atoms with Gasteiger partial charge in [-0.2, -0.15) is 0 Å². The number of benzene rings is 1. The van der Waals surface area contributed by atoms with Crippen molar-refractivity contribution in [2.45, 2.75) is 47.0 Å². The summed E-state index contributed by atoms with van der Waals surface area (Å²) in [5.74, 6) is 0.657. The average Bonchev–Trinajstić information content (AvgIpc) is 2.91. The van der Waals surface area contributed by atoms with Gasteiger partial charge in [-0.15, -0.1) is 11.3 Å². The topological polar surface area (TPSA) is 37.8 Å². The SMILES string of the molecule is Cc1cccc(-n2c(=S)[nH]c3sc4c(c3c2=O)CC[C@@H](C(C)(C)C)C4)c1. The summed E-state index contributed by atoms with van der Waals surface area (Å²) >= 11 is 7.25. The highest BCUT2D eigenvalue weighted by atomic mass is 32.1. The summed E-state index contributed by atoms with van der Waals surface area (Å²) < 4.78 is 2.12. The van der Waals surface area contributed by atoms with Crippen molar-refractivity contribution in [2.24, 2.45) is 11.3 Å². The van der Waals surface area contributed by atoms with E-state index < -0.39 is 0 Å². The van der Waals surface area contributed by atoms with Crippen LogP contribution in [0, 0.1) is 23.0 Å². The molecular formula is C21H24N2OS2. The maximum absolute atomic E-state index is 13.4. The number of nitrogens with one attached hydrogen (secondary N) is 1. The van der Waals surface area contributed by atoms with Crippen LogP contribution in [0.4, 0.5) is 0 Å². The quantitative estimate of drug-likeness (QED) is 0.557. The van der Waals surface area contributed by atoms with Gasteiger partial charge in [0.1, 0.15) is 4.83 Å². The van der Waals surface area contributed by atoms with Crippen LogP contribution < -0.4 is 5.56 Å². The van der Waals surface area contributed by atoms with Gasteiger partial charge in [0.2, 0.25) is 0 Å². The molecule has 0 saturated heterocycles. The Hall–Kier alpha value is -1.72. The summed E-state index contributed by atoms with van der Waals surface area (Å²) in [5, 5.41) is 0.840. The van der Waals surface area contributed by atoms with Gasteiger partial charge in [-0.1, -0.05) is 32.9 Å². The van der Waals surface area contributed by atoms with Crippen LogP contribution in [-0.4, -0.2) is 9.55 Å². The first-order valence-electron chi connectivity index (χ1n) is 9.12. The molecule has 26 heavy (non-hydrogen) atoms. The van der Waals surface area contributed by atoms with Crippen LogP contribution in [-0.2, 0) is 12.8 Å². The molecule has 1 aliphatic rings. The van der Waals surface area contributed by atoms with Crippen molar-refractivity contribution < 1.29 is 0 Å². The molecule has 1 aliphatic carbocycles. The average molecular weight is 385 g/mol. The van der Waals surface area contributed by atoms with E-state index in [9.17, 15) is 4.79 Å². The zero-order valence-electron chi connectivity index (χ0n) is 15.7. The van der Waals surface area contributed by atoms with Gasteiger partial charge in [0.15, 0.2) is 4.77 Å². The van der Waals surface area contributed by atoms with Crippen molar-refractivity contribution in [1.29, 1.82) is 0 Å². The molecule has 0 spiro atoms. The molecule has 3 aromatic rings. The molecule has 0 unspecified atom stereocenters. The van der Waals surface area contributed by atoms with Crippen LogP contribution in [0.25, 0.3) is 15.9 Å². The predicted molar refractivity (Wildman–Crippen MR) is 112 cm³/mol. The summed E-state index contributed by atoms with van der Waals surface area (Å²) in [7, 11) is 0. The zero-order chi connectivity index (χ0) is 18.6.